The van der Waals surface area contributed by atoms with Crippen LogP contribution < -0.4 is 0 Å². The molecule has 1 rings (SSSR count). The first-order valence-electron chi connectivity index (χ1n) is 4.61. The van der Waals surface area contributed by atoms with Gasteiger partial charge in [0.05, 0.1) is 5.60 Å². The highest BCUT2D eigenvalue weighted by molar-refractivity contribution is 5.18. The topological polar surface area (TPSA) is 20.2 Å². The van der Waals surface area contributed by atoms with Crippen molar-refractivity contribution in [3.8, 4) is 0 Å². The van der Waals surface area contributed by atoms with E-state index in [2.05, 4.69) is 6.58 Å². The van der Waals surface area contributed by atoms with Crippen molar-refractivity contribution in [1.82, 2.24) is 0 Å². The van der Waals surface area contributed by atoms with Gasteiger partial charge >= 0.3 is 0 Å². The SMILES string of the molecule is C=CCC(C)(O)Cc1cccc(F)c1. The molecule has 1 aromatic rings. The Labute approximate surface area is 83.9 Å². The van der Waals surface area contributed by atoms with Gasteiger partial charge in [-0.2, -0.15) is 0 Å². The lowest BCUT2D eigenvalue weighted by atomic mass is 9.93. The van der Waals surface area contributed by atoms with Crippen LogP contribution in [0.3, 0.4) is 0 Å². The minimum absolute atomic E-state index is 0.267. The molecule has 0 saturated heterocycles. The van der Waals surface area contributed by atoms with Gasteiger partial charge in [-0.05, 0) is 31.0 Å². The Kier molecular flexibility index (Phi) is 3.42. The molecule has 0 saturated carbocycles. The third kappa shape index (κ3) is 3.30. The summed E-state index contributed by atoms with van der Waals surface area (Å²) in [7, 11) is 0. The zero-order valence-corrected chi connectivity index (χ0v) is 8.33. The van der Waals surface area contributed by atoms with E-state index in [0.717, 1.165) is 5.56 Å². The molecule has 0 fully saturated rings. The Hall–Kier alpha value is -1.15. The van der Waals surface area contributed by atoms with Gasteiger partial charge in [0.25, 0.3) is 0 Å². The second-order valence-corrected chi connectivity index (χ2v) is 3.80. The summed E-state index contributed by atoms with van der Waals surface area (Å²) in [4.78, 5) is 0. The van der Waals surface area contributed by atoms with Crippen LogP contribution in [0.15, 0.2) is 36.9 Å². The van der Waals surface area contributed by atoms with Gasteiger partial charge in [0.1, 0.15) is 5.82 Å². The molecule has 0 radical (unpaired) electrons. The molecule has 0 aliphatic heterocycles. The van der Waals surface area contributed by atoms with Crippen LogP contribution in [-0.2, 0) is 6.42 Å². The fourth-order valence-corrected chi connectivity index (χ4v) is 1.47. The lowest BCUT2D eigenvalue weighted by Crippen LogP contribution is -2.26. The van der Waals surface area contributed by atoms with Crippen molar-refractivity contribution in [2.75, 3.05) is 0 Å². The average molecular weight is 194 g/mol. The summed E-state index contributed by atoms with van der Waals surface area (Å²) in [6.45, 7) is 5.29. The number of halogens is 1. The van der Waals surface area contributed by atoms with E-state index in [0.29, 0.717) is 12.8 Å². The van der Waals surface area contributed by atoms with E-state index < -0.39 is 5.60 Å². The number of hydrogen-bond donors (Lipinski definition) is 1. The monoisotopic (exact) mass is 194 g/mol. The highest BCUT2D eigenvalue weighted by atomic mass is 19.1. The zero-order valence-electron chi connectivity index (χ0n) is 8.33. The first-order valence-corrected chi connectivity index (χ1v) is 4.61. The van der Waals surface area contributed by atoms with E-state index in [1.165, 1.54) is 12.1 Å². The first kappa shape index (κ1) is 10.9. The highest BCUT2D eigenvalue weighted by Crippen LogP contribution is 2.17. The van der Waals surface area contributed by atoms with Crippen LogP contribution in [0, 0.1) is 5.82 Å². The summed E-state index contributed by atoms with van der Waals surface area (Å²) in [5.74, 6) is -0.267. The molecule has 0 bridgehead atoms. The summed E-state index contributed by atoms with van der Waals surface area (Å²) in [5, 5.41) is 9.87. The molecule has 14 heavy (non-hydrogen) atoms. The van der Waals surface area contributed by atoms with Gasteiger partial charge in [0, 0.05) is 6.42 Å². The van der Waals surface area contributed by atoms with Gasteiger partial charge in [0.2, 0.25) is 0 Å². The highest BCUT2D eigenvalue weighted by Gasteiger charge is 2.18. The van der Waals surface area contributed by atoms with Crippen molar-refractivity contribution in [3.63, 3.8) is 0 Å². The Balaban J connectivity index is 2.72. The average Bonchev–Trinajstić information content (AvgIpc) is 2.02. The molecule has 1 N–H and O–H groups in total. The Morgan fingerprint density at radius 1 is 1.57 bits per heavy atom. The smallest absolute Gasteiger partial charge is 0.123 e. The Morgan fingerprint density at radius 3 is 2.86 bits per heavy atom. The molecule has 2 heteroatoms. The fourth-order valence-electron chi connectivity index (χ4n) is 1.47. The second kappa shape index (κ2) is 4.38. The maximum atomic E-state index is 12.8. The normalized spacial score (nSPS) is 14.8. The molecule has 0 aliphatic carbocycles. The third-order valence-electron chi connectivity index (χ3n) is 2.06. The quantitative estimate of drug-likeness (QED) is 0.731. The maximum Gasteiger partial charge on any atom is 0.123 e. The van der Waals surface area contributed by atoms with Crippen molar-refractivity contribution in [3.05, 3.63) is 48.3 Å². The number of benzene rings is 1. The molecular weight excluding hydrogens is 179 g/mol. The largest absolute Gasteiger partial charge is 0.390 e. The van der Waals surface area contributed by atoms with Crippen LogP contribution in [0.4, 0.5) is 4.39 Å². The zero-order chi connectivity index (χ0) is 10.6. The Bertz CT molecular complexity index is 318. The summed E-state index contributed by atoms with van der Waals surface area (Å²) in [6.07, 6.45) is 2.61. The van der Waals surface area contributed by atoms with Crippen molar-refractivity contribution >= 4 is 0 Å². The van der Waals surface area contributed by atoms with Crippen LogP contribution in [0.2, 0.25) is 0 Å². The van der Waals surface area contributed by atoms with E-state index in [1.807, 2.05) is 0 Å². The predicted molar refractivity (Wildman–Crippen MR) is 55.5 cm³/mol. The Morgan fingerprint density at radius 2 is 2.29 bits per heavy atom. The van der Waals surface area contributed by atoms with Gasteiger partial charge in [0.15, 0.2) is 0 Å². The second-order valence-electron chi connectivity index (χ2n) is 3.80. The molecule has 1 aromatic carbocycles. The minimum Gasteiger partial charge on any atom is -0.390 e. The molecule has 0 aromatic heterocycles. The molecule has 0 heterocycles. The van der Waals surface area contributed by atoms with E-state index in [1.54, 1.807) is 25.1 Å². The first-order chi connectivity index (χ1) is 6.53. The number of aliphatic hydroxyl groups is 1. The van der Waals surface area contributed by atoms with Gasteiger partial charge in [-0.25, -0.2) is 4.39 Å². The summed E-state index contributed by atoms with van der Waals surface area (Å²) in [6, 6.07) is 6.29. The lowest BCUT2D eigenvalue weighted by molar-refractivity contribution is 0.0637. The molecule has 76 valence electrons. The van der Waals surface area contributed by atoms with Gasteiger partial charge in [-0.1, -0.05) is 18.2 Å². The van der Waals surface area contributed by atoms with Gasteiger partial charge in [-0.15, -0.1) is 6.58 Å². The summed E-state index contributed by atoms with van der Waals surface area (Å²) < 4.78 is 12.8. The molecular formula is C12H15FO. The number of rotatable bonds is 4. The summed E-state index contributed by atoms with van der Waals surface area (Å²) in [5.41, 5.74) is -0.0351. The van der Waals surface area contributed by atoms with Crippen molar-refractivity contribution in [2.24, 2.45) is 0 Å². The van der Waals surface area contributed by atoms with E-state index in [9.17, 15) is 9.50 Å². The maximum absolute atomic E-state index is 12.8. The van der Waals surface area contributed by atoms with E-state index in [-0.39, 0.29) is 5.82 Å². The third-order valence-corrected chi connectivity index (χ3v) is 2.06. The molecule has 0 aliphatic rings. The van der Waals surface area contributed by atoms with Crippen molar-refractivity contribution in [2.45, 2.75) is 25.4 Å². The van der Waals surface area contributed by atoms with Crippen LogP contribution in [0.1, 0.15) is 18.9 Å². The van der Waals surface area contributed by atoms with Crippen LogP contribution in [0.5, 0.6) is 0 Å². The standard InChI is InChI=1S/C12H15FO/c1-3-7-12(2,14)9-10-5-4-6-11(13)8-10/h3-6,8,14H,1,7,9H2,2H3. The minimum atomic E-state index is -0.838. The van der Waals surface area contributed by atoms with Crippen molar-refractivity contribution < 1.29 is 9.50 Å². The van der Waals surface area contributed by atoms with Crippen LogP contribution in [0.25, 0.3) is 0 Å². The van der Waals surface area contributed by atoms with Crippen molar-refractivity contribution in [1.29, 1.82) is 0 Å². The molecule has 1 atom stereocenters. The van der Waals surface area contributed by atoms with E-state index >= 15 is 0 Å². The summed E-state index contributed by atoms with van der Waals surface area (Å²) >= 11 is 0. The van der Waals surface area contributed by atoms with Crippen LogP contribution in [-0.4, -0.2) is 10.7 Å². The molecule has 0 amide bonds. The molecule has 1 unspecified atom stereocenters. The number of hydrogen-bond acceptors (Lipinski definition) is 1. The van der Waals surface area contributed by atoms with Gasteiger partial charge in [-0.3, -0.25) is 0 Å². The van der Waals surface area contributed by atoms with Crippen LogP contribution >= 0.6 is 0 Å². The molecule has 0 spiro atoms. The predicted octanol–water partition coefficient (Wildman–Crippen LogP) is 2.70. The fraction of sp³-hybridized carbons (Fsp3) is 0.333. The van der Waals surface area contributed by atoms with Gasteiger partial charge < -0.3 is 5.11 Å². The lowest BCUT2D eigenvalue weighted by Gasteiger charge is -2.21. The molecule has 1 nitrogen and oxygen atoms in total. The van der Waals surface area contributed by atoms with E-state index in [4.69, 9.17) is 0 Å².